The molecule has 0 amide bonds. The summed E-state index contributed by atoms with van der Waals surface area (Å²) in [5, 5.41) is 0. The molecule has 0 aromatic heterocycles. The minimum atomic E-state index is 0.820. The predicted molar refractivity (Wildman–Crippen MR) is 124 cm³/mol. The maximum atomic E-state index is 6.44. The largest absolute Gasteiger partial charge is 0.456 e. The van der Waals surface area contributed by atoms with Gasteiger partial charge in [-0.2, -0.15) is 0 Å². The van der Waals surface area contributed by atoms with Crippen LogP contribution in [0.4, 0.5) is 0 Å². The summed E-state index contributed by atoms with van der Waals surface area (Å²) >= 11 is 0. The second-order valence-corrected chi connectivity index (χ2v) is 6.75. The van der Waals surface area contributed by atoms with E-state index in [1.165, 1.54) is 0 Å². The quantitative estimate of drug-likeness (QED) is 0.331. The third-order valence-electron chi connectivity index (χ3n) is 4.86. The fraction of sp³-hybridized carbons (Fsp3) is 0. The van der Waals surface area contributed by atoms with Gasteiger partial charge >= 0.3 is 0 Å². The van der Waals surface area contributed by atoms with E-state index in [1.807, 2.05) is 72.8 Å². The van der Waals surface area contributed by atoms with E-state index in [0.717, 1.165) is 44.9 Å². The molecule has 0 heterocycles. The molecule has 1 nitrogen and oxygen atoms in total. The Bertz CT molecular complexity index is 1080. The highest BCUT2D eigenvalue weighted by Crippen LogP contribution is 2.38. The van der Waals surface area contributed by atoms with Gasteiger partial charge in [-0.25, -0.2) is 0 Å². The predicted octanol–water partition coefficient (Wildman–Crippen LogP) is 8.10. The molecule has 29 heavy (non-hydrogen) atoms. The zero-order valence-electron chi connectivity index (χ0n) is 16.2. The molecule has 0 aliphatic rings. The summed E-state index contributed by atoms with van der Waals surface area (Å²) < 4.78 is 6.44. The van der Waals surface area contributed by atoms with Crippen molar-refractivity contribution < 1.29 is 4.74 Å². The van der Waals surface area contributed by atoms with Gasteiger partial charge in [0, 0.05) is 11.1 Å². The van der Waals surface area contributed by atoms with E-state index in [1.54, 1.807) is 0 Å². The monoisotopic (exact) mass is 374 g/mol. The first-order valence-corrected chi connectivity index (χ1v) is 9.60. The zero-order chi connectivity index (χ0) is 20.1. The summed E-state index contributed by atoms with van der Waals surface area (Å²) in [6, 6.07) is 32.8. The lowest BCUT2D eigenvalue weighted by atomic mass is 10.0. The van der Waals surface area contributed by atoms with Crippen LogP contribution >= 0.6 is 0 Å². The summed E-state index contributed by atoms with van der Waals surface area (Å²) in [6.45, 7) is 7.75. The highest BCUT2D eigenvalue weighted by atomic mass is 16.5. The summed E-state index contributed by atoms with van der Waals surface area (Å²) in [6.07, 6.45) is 3.71. The standard InChI is InChI=1S/C28H22O/c1-3-21-11-9-13-23(19-21)25-15-5-7-17-27(25)29-28-18-8-6-16-26(28)24-14-10-12-22(4-2)20-24/h3-20H,1-2H2. The molecule has 4 aromatic rings. The first-order chi connectivity index (χ1) is 14.3. The van der Waals surface area contributed by atoms with Crippen LogP contribution in [0.3, 0.4) is 0 Å². The Hall–Kier alpha value is -3.84. The molecular formula is C28H22O. The average molecular weight is 374 g/mol. The van der Waals surface area contributed by atoms with Crippen molar-refractivity contribution in [1.29, 1.82) is 0 Å². The molecule has 0 spiro atoms. The van der Waals surface area contributed by atoms with Crippen molar-refractivity contribution in [2.45, 2.75) is 0 Å². The Morgan fingerprint density at radius 2 is 0.966 bits per heavy atom. The number of hydrogen-bond acceptors (Lipinski definition) is 1. The van der Waals surface area contributed by atoms with Crippen molar-refractivity contribution in [2.24, 2.45) is 0 Å². The van der Waals surface area contributed by atoms with Gasteiger partial charge in [-0.05, 0) is 46.5 Å². The van der Waals surface area contributed by atoms with E-state index in [4.69, 9.17) is 4.74 Å². The van der Waals surface area contributed by atoms with E-state index >= 15 is 0 Å². The molecule has 0 aliphatic carbocycles. The van der Waals surface area contributed by atoms with E-state index in [2.05, 4.69) is 49.6 Å². The summed E-state index contributed by atoms with van der Waals surface area (Å²) in [5.74, 6) is 1.64. The Labute approximate surface area is 172 Å². The van der Waals surface area contributed by atoms with E-state index in [0.29, 0.717) is 0 Å². The normalized spacial score (nSPS) is 10.3. The zero-order valence-corrected chi connectivity index (χ0v) is 16.2. The Morgan fingerprint density at radius 3 is 1.41 bits per heavy atom. The Morgan fingerprint density at radius 1 is 0.517 bits per heavy atom. The van der Waals surface area contributed by atoms with Crippen LogP contribution in [-0.4, -0.2) is 0 Å². The maximum Gasteiger partial charge on any atom is 0.135 e. The molecule has 0 N–H and O–H groups in total. The molecule has 1 heteroatoms. The van der Waals surface area contributed by atoms with Crippen molar-refractivity contribution in [2.75, 3.05) is 0 Å². The van der Waals surface area contributed by atoms with Gasteiger partial charge in [0.15, 0.2) is 0 Å². The Kier molecular flexibility index (Phi) is 5.40. The maximum absolute atomic E-state index is 6.44. The lowest BCUT2D eigenvalue weighted by molar-refractivity contribution is 0.486. The lowest BCUT2D eigenvalue weighted by Gasteiger charge is -2.15. The number of para-hydroxylation sites is 2. The SMILES string of the molecule is C=Cc1cccc(-c2ccccc2Oc2ccccc2-c2cccc(C=C)c2)c1. The molecule has 0 fully saturated rings. The second-order valence-electron chi connectivity index (χ2n) is 6.75. The van der Waals surface area contributed by atoms with Gasteiger partial charge in [0.25, 0.3) is 0 Å². The van der Waals surface area contributed by atoms with Crippen molar-refractivity contribution in [3.63, 3.8) is 0 Å². The first kappa shape index (κ1) is 18.5. The van der Waals surface area contributed by atoms with Gasteiger partial charge in [-0.1, -0.05) is 98.1 Å². The highest BCUT2D eigenvalue weighted by molar-refractivity contribution is 5.76. The van der Waals surface area contributed by atoms with Crippen molar-refractivity contribution in [3.8, 4) is 33.8 Å². The van der Waals surface area contributed by atoms with Gasteiger partial charge in [0.05, 0.1) is 0 Å². The number of benzene rings is 4. The minimum Gasteiger partial charge on any atom is -0.456 e. The van der Waals surface area contributed by atoms with Crippen molar-refractivity contribution >= 4 is 12.2 Å². The number of rotatable bonds is 6. The number of hydrogen-bond donors (Lipinski definition) is 0. The van der Waals surface area contributed by atoms with Crippen LogP contribution in [0.15, 0.2) is 110 Å². The van der Waals surface area contributed by atoms with Crippen LogP contribution in [0.5, 0.6) is 11.5 Å². The third kappa shape index (κ3) is 4.04. The molecule has 4 aromatic carbocycles. The van der Waals surface area contributed by atoms with Crippen LogP contribution in [0.25, 0.3) is 34.4 Å². The molecule has 0 unspecified atom stereocenters. The third-order valence-corrected chi connectivity index (χ3v) is 4.86. The van der Waals surface area contributed by atoms with Crippen LogP contribution in [0, 0.1) is 0 Å². The average Bonchev–Trinajstić information content (AvgIpc) is 2.80. The smallest absolute Gasteiger partial charge is 0.135 e. The van der Waals surface area contributed by atoms with Gasteiger partial charge in [-0.15, -0.1) is 0 Å². The number of ether oxygens (including phenoxy) is 1. The van der Waals surface area contributed by atoms with E-state index in [9.17, 15) is 0 Å². The summed E-state index contributed by atoms with van der Waals surface area (Å²) in [5.41, 5.74) is 6.46. The molecule has 0 aliphatic heterocycles. The molecule has 0 saturated heterocycles. The van der Waals surface area contributed by atoms with Gasteiger partial charge in [0.1, 0.15) is 11.5 Å². The molecule has 0 radical (unpaired) electrons. The molecule has 140 valence electrons. The van der Waals surface area contributed by atoms with Gasteiger partial charge in [-0.3, -0.25) is 0 Å². The van der Waals surface area contributed by atoms with Crippen LogP contribution in [-0.2, 0) is 0 Å². The van der Waals surface area contributed by atoms with Gasteiger partial charge < -0.3 is 4.74 Å². The molecule has 4 rings (SSSR count). The van der Waals surface area contributed by atoms with E-state index in [-0.39, 0.29) is 0 Å². The van der Waals surface area contributed by atoms with Crippen molar-refractivity contribution in [3.05, 3.63) is 121 Å². The van der Waals surface area contributed by atoms with E-state index < -0.39 is 0 Å². The molecule has 0 atom stereocenters. The molecule has 0 saturated carbocycles. The van der Waals surface area contributed by atoms with Crippen LogP contribution in [0.2, 0.25) is 0 Å². The highest BCUT2D eigenvalue weighted by Gasteiger charge is 2.11. The lowest BCUT2D eigenvalue weighted by Crippen LogP contribution is -1.91. The molecular weight excluding hydrogens is 352 g/mol. The Balaban J connectivity index is 1.76. The van der Waals surface area contributed by atoms with Gasteiger partial charge in [0.2, 0.25) is 0 Å². The van der Waals surface area contributed by atoms with Crippen molar-refractivity contribution in [1.82, 2.24) is 0 Å². The fourth-order valence-corrected chi connectivity index (χ4v) is 3.37. The fourth-order valence-electron chi connectivity index (χ4n) is 3.37. The topological polar surface area (TPSA) is 9.23 Å². The second kappa shape index (κ2) is 8.45. The minimum absolute atomic E-state index is 0.820. The summed E-state index contributed by atoms with van der Waals surface area (Å²) in [7, 11) is 0. The first-order valence-electron chi connectivity index (χ1n) is 9.60. The summed E-state index contributed by atoms with van der Waals surface area (Å²) in [4.78, 5) is 0. The van der Waals surface area contributed by atoms with Crippen LogP contribution in [0.1, 0.15) is 11.1 Å². The van der Waals surface area contributed by atoms with Crippen LogP contribution < -0.4 is 4.74 Å². The molecule has 0 bridgehead atoms.